The van der Waals surface area contributed by atoms with Crippen LogP contribution in [-0.4, -0.2) is 16.6 Å². The molecule has 0 radical (unpaired) electrons. The largest absolute Gasteiger partial charge is 0.507 e. The number of benzene rings is 2. The molecule has 5 rings (SSSR count). The summed E-state index contributed by atoms with van der Waals surface area (Å²) in [4.78, 5) is 6.68. The Kier molecular flexibility index (Phi) is 3.37. The minimum Gasteiger partial charge on any atom is -0.507 e. The van der Waals surface area contributed by atoms with Gasteiger partial charge in [-0.05, 0) is 53.0 Å². The lowest BCUT2D eigenvalue weighted by Gasteiger charge is -2.09. The zero-order valence-corrected chi connectivity index (χ0v) is 14.4. The topological polar surface area (TPSA) is 73.3 Å². The smallest absolute Gasteiger partial charge is 0.302 e. The number of fused-ring (bicyclic) bond motifs is 2. The van der Waals surface area contributed by atoms with Gasteiger partial charge in [-0.3, -0.25) is 4.90 Å². The lowest BCUT2D eigenvalue weighted by atomic mass is 10.0. The highest BCUT2D eigenvalue weighted by atomic mass is 16.4. The molecule has 0 saturated carbocycles. The maximum absolute atomic E-state index is 9.70. The van der Waals surface area contributed by atoms with Gasteiger partial charge in [0.15, 0.2) is 5.58 Å². The number of aromatic hydroxyl groups is 1. The molecular weight excluding hydrogens is 338 g/mol. The van der Waals surface area contributed by atoms with Crippen molar-refractivity contribution >= 4 is 17.1 Å². The number of allylic oxidation sites excluding steroid dienone is 3. The average Bonchev–Trinajstić information content (AvgIpc) is 3.31. The summed E-state index contributed by atoms with van der Waals surface area (Å²) in [5.74, 6) is -0.0154. The highest BCUT2D eigenvalue weighted by Gasteiger charge is 2.23. The van der Waals surface area contributed by atoms with Crippen molar-refractivity contribution < 1.29 is 9.52 Å². The molecular formula is C22H15N3O2. The molecule has 1 aliphatic heterocycles. The van der Waals surface area contributed by atoms with Crippen LogP contribution in [0.3, 0.4) is 0 Å². The molecule has 1 N–H and O–H groups in total. The fraction of sp³-hybridized carbons (Fsp3) is 0.0909. The molecule has 0 spiro atoms. The summed E-state index contributed by atoms with van der Waals surface area (Å²) in [7, 11) is 0. The van der Waals surface area contributed by atoms with Crippen molar-refractivity contribution in [1.82, 2.24) is 4.98 Å². The molecule has 1 aromatic heterocycles. The summed E-state index contributed by atoms with van der Waals surface area (Å²) in [6.45, 7) is 0.767. The van der Waals surface area contributed by atoms with E-state index in [4.69, 9.17) is 9.68 Å². The van der Waals surface area contributed by atoms with Gasteiger partial charge < -0.3 is 9.52 Å². The number of aromatic nitrogens is 1. The Hall–Kier alpha value is -3.78. The van der Waals surface area contributed by atoms with E-state index in [-0.39, 0.29) is 11.3 Å². The molecule has 2 aromatic carbocycles. The van der Waals surface area contributed by atoms with Crippen LogP contribution in [0.15, 0.2) is 76.4 Å². The van der Waals surface area contributed by atoms with Crippen molar-refractivity contribution in [2.75, 3.05) is 11.4 Å². The number of rotatable bonds is 2. The van der Waals surface area contributed by atoms with Gasteiger partial charge in [-0.1, -0.05) is 30.4 Å². The Morgan fingerprint density at radius 2 is 1.96 bits per heavy atom. The van der Waals surface area contributed by atoms with E-state index in [0.29, 0.717) is 11.6 Å². The summed E-state index contributed by atoms with van der Waals surface area (Å²) >= 11 is 0. The Bertz CT molecular complexity index is 1210. The van der Waals surface area contributed by atoms with Crippen molar-refractivity contribution in [3.63, 3.8) is 0 Å². The molecule has 27 heavy (non-hydrogen) atoms. The minimum absolute atomic E-state index is 0.0154. The van der Waals surface area contributed by atoms with E-state index >= 15 is 0 Å². The van der Waals surface area contributed by atoms with Gasteiger partial charge in [0.25, 0.3) is 0 Å². The van der Waals surface area contributed by atoms with Crippen LogP contribution in [0.5, 0.6) is 5.75 Å². The van der Waals surface area contributed by atoms with Crippen LogP contribution in [0.25, 0.3) is 22.2 Å². The molecule has 0 atom stereocenters. The Morgan fingerprint density at radius 1 is 1.11 bits per heavy atom. The Labute approximate surface area is 155 Å². The molecule has 3 aromatic rings. The van der Waals surface area contributed by atoms with Gasteiger partial charge in [0.05, 0.1) is 12.1 Å². The third kappa shape index (κ3) is 2.59. The number of anilines is 1. The van der Waals surface area contributed by atoms with Crippen LogP contribution in [0.1, 0.15) is 12.0 Å². The highest BCUT2D eigenvalue weighted by molar-refractivity contribution is 5.82. The third-order valence-electron chi connectivity index (χ3n) is 4.91. The van der Waals surface area contributed by atoms with E-state index in [1.807, 2.05) is 29.2 Å². The molecule has 0 bridgehead atoms. The second-order valence-electron chi connectivity index (χ2n) is 6.63. The number of hydrogen-bond donors (Lipinski definition) is 1. The van der Waals surface area contributed by atoms with Crippen LogP contribution in [0.2, 0.25) is 0 Å². The predicted molar refractivity (Wildman–Crippen MR) is 103 cm³/mol. The highest BCUT2D eigenvalue weighted by Crippen LogP contribution is 2.33. The van der Waals surface area contributed by atoms with Gasteiger partial charge in [0.1, 0.15) is 17.3 Å². The number of nitrogens with zero attached hydrogens (tertiary/aromatic N) is 3. The van der Waals surface area contributed by atoms with Crippen LogP contribution in [0.4, 0.5) is 6.01 Å². The lowest BCUT2D eigenvalue weighted by molar-refractivity contribution is 0.473. The van der Waals surface area contributed by atoms with Gasteiger partial charge in [-0.2, -0.15) is 10.2 Å². The average molecular weight is 353 g/mol. The van der Waals surface area contributed by atoms with Crippen LogP contribution < -0.4 is 4.90 Å². The maximum Gasteiger partial charge on any atom is 0.302 e. The van der Waals surface area contributed by atoms with E-state index in [1.54, 1.807) is 12.1 Å². The van der Waals surface area contributed by atoms with E-state index in [2.05, 4.69) is 29.4 Å². The second kappa shape index (κ2) is 5.89. The fourth-order valence-corrected chi connectivity index (χ4v) is 3.47. The molecule has 0 saturated heterocycles. The number of phenols is 1. The van der Waals surface area contributed by atoms with Crippen LogP contribution in [0, 0.1) is 11.3 Å². The first-order valence-electron chi connectivity index (χ1n) is 8.69. The second-order valence-corrected chi connectivity index (χ2v) is 6.63. The predicted octanol–water partition coefficient (Wildman–Crippen LogP) is 4.66. The Balaban J connectivity index is 1.51. The molecule has 0 amide bonds. The Morgan fingerprint density at radius 3 is 2.81 bits per heavy atom. The van der Waals surface area contributed by atoms with Gasteiger partial charge in [0, 0.05) is 6.20 Å². The molecule has 0 unspecified atom stereocenters. The zero-order chi connectivity index (χ0) is 18.4. The first kappa shape index (κ1) is 15.5. The quantitative estimate of drug-likeness (QED) is 0.725. The standard InChI is InChI=1S/C22H15N3O2/c23-11-18-9-14(5-7-20(18)26)15-6-8-21-19(10-15)24-22(27-21)25-12-16-3-1-2-4-17(16)13-25/h1-3,5-10,13,26H,4,12H2. The maximum atomic E-state index is 9.70. The van der Waals surface area contributed by atoms with E-state index in [1.165, 1.54) is 17.2 Å². The van der Waals surface area contributed by atoms with Gasteiger partial charge in [-0.15, -0.1) is 0 Å². The number of oxazole rings is 1. The van der Waals surface area contributed by atoms with Crippen LogP contribution in [-0.2, 0) is 0 Å². The van der Waals surface area contributed by atoms with Crippen molar-refractivity contribution in [2.24, 2.45) is 0 Å². The normalized spacial score (nSPS) is 15.4. The van der Waals surface area contributed by atoms with Crippen molar-refractivity contribution in [3.8, 4) is 22.9 Å². The van der Waals surface area contributed by atoms with E-state index in [0.717, 1.165) is 29.6 Å². The lowest BCUT2D eigenvalue weighted by Crippen LogP contribution is -2.13. The molecule has 2 heterocycles. The molecule has 1 aliphatic carbocycles. The number of nitriles is 1. The monoisotopic (exact) mass is 353 g/mol. The zero-order valence-electron chi connectivity index (χ0n) is 14.4. The summed E-state index contributed by atoms with van der Waals surface area (Å²) in [6.07, 6.45) is 9.40. The number of phenolic OH excluding ortho intramolecular Hbond substituents is 1. The fourth-order valence-electron chi connectivity index (χ4n) is 3.47. The van der Waals surface area contributed by atoms with Crippen molar-refractivity contribution in [2.45, 2.75) is 6.42 Å². The SMILES string of the molecule is N#Cc1cc(-c2ccc3oc(N4C=C5CC=CC=C5C4)nc3c2)ccc1O. The first-order chi connectivity index (χ1) is 13.2. The molecule has 130 valence electrons. The third-order valence-corrected chi connectivity index (χ3v) is 4.91. The van der Waals surface area contributed by atoms with Gasteiger partial charge >= 0.3 is 6.01 Å². The summed E-state index contributed by atoms with van der Waals surface area (Å²) in [5, 5.41) is 18.8. The van der Waals surface area contributed by atoms with Crippen molar-refractivity contribution in [3.05, 3.63) is 77.5 Å². The summed E-state index contributed by atoms with van der Waals surface area (Å²) in [5.41, 5.74) is 6.09. The van der Waals surface area contributed by atoms with E-state index < -0.39 is 0 Å². The first-order valence-corrected chi connectivity index (χ1v) is 8.69. The molecule has 5 nitrogen and oxygen atoms in total. The molecule has 0 fully saturated rings. The molecule has 5 heteroatoms. The van der Waals surface area contributed by atoms with E-state index in [9.17, 15) is 5.11 Å². The summed E-state index contributed by atoms with van der Waals surface area (Å²) in [6, 6.07) is 13.3. The summed E-state index contributed by atoms with van der Waals surface area (Å²) < 4.78 is 5.94. The van der Waals surface area contributed by atoms with Crippen LogP contribution >= 0.6 is 0 Å². The van der Waals surface area contributed by atoms with Gasteiger partial charge in [-0.25, -0.2) is 0 Å². The minimum atomic E-state index is -0.0154. The molecule has 2 aliphatic rings. The van der Waals surface area contributed by atoms with Gasteiger partial charge in [0.2, 0.25) is 0 Å². The number of hydrogen-bond acceptors (Lipinski definition) is 5. The van der Waals surface area contributed by atoms with Crippen molar-refractivity contribution in [1.29, 1.82) is 5.26 Å².